The van der Waals surface area contributed by atoms with Crippen LogP contribution in [0.1, 0.15) is 17.6 Å². The molecule has 0 unspecified atom stereocenters. The Morgan fingerprint density at radius 3 is 2.65 bits per heavy atom. The zero-order chi connectivity index (χ0) is 12.4. The molecular formula is C11H9F3N2O. The monoisotopic (exact) mass is 242 g/mol. The molecule has 0 fully saturated rings. The highest BCUT2D eigenvalue weighted by Gasteiger charge is 2.11. The van der Waals surface area contributed by atoms with Crippen LogP contribution < -0.4 is 0 Å². The molecule has 1 aromatic heterocycles. The van der Waals surface area contributed by atoms with Crippen LogP contribution in [0, 0.1) is 5.82 Å². The Balaban J connectivity index is 2.44. The summed E-state index contributed by atoms with van der Waals surface area (Å²) >= 11 is 0. The van der Waals surface area contributed by atoms with E-state index < -0.39 is 17.8 Å². The number of aliphatic hydroxyl groups is 1. The van der Waals surface area contributed by atoms with Crippen LogP contribution in [-0.2, 0) is 6.61 Å². The molecule has 6 heteroatoms. The fourth-order valence-electron chi connectivity index (χ4n) is 1.44. The highest BCUT2D eigenvalue weighted by atomic mass is 19.3. The Morgan fingerprint density at radius 2 is 2.06 bits per heavy atom. The van der Waals surface area contributed by atoms with Gasteiger partial charge in [-0.05, 0) is 18.2 Å². The molecular weight excluding hydrogens is 233 g/mol. The van der Waals surface area contributed by atoms with Crippen molar-refractivity contribution in [2.75, 3.05) is 0 Å². The van der Waals surface area contributed by atoms with Crippen LogP contribution >= 0.6 is 0 Å². The molecule has 0 saturated heterocycles. The first-order valence-electron chi connectivity index (χ1n) is 4.83. The second-order valence-corrected chi connectivity index (χ2v) is 3.49. The minimum atomic E-state index is -2.74. The standard InChI is InChI=1S/C11H9F3N2O/c12-9-1-8(11(13)14)2-10(3-9)16-5-7(6-17)4-15-16/h1-5,11,17H,6H2. The van der Waals surface area contributed by atoms with E-state index in [1.807, 2.05) is 0 Å². The van der Waals surface area contributed by atoms with Gasteiger partial charge in [-0.2, -0.15) is 5.10 Å². The van der Waals surface area contributed by atoms with E-state index in [1.165, 1.54) is 17.1 Å². The number of benzene rings is 1. The van der Waals surface area contributed by atoms with E-state index in [1.54, 1.807) is 0 Å². The van der Waals surface area contributed by atoms with Crippen LogP contribution in [0.2, 0.25) is 0 Å². The number of rotatable bonds is 3. The van der Waals surface area contributed by atoms with E-state index in [0.29, 0.717) is 5.56 Å². The van der Waals surface area contributed by atoms with E-state index in [-0.39, 0.29) is 12.3 Å². The van der Waals surface area contributed by atoms with Crippen LogP contribution in [0.15, 0.2) is 30.6 Å². The molecule has 1 heterocycles. The lowest BCUT2D eigenvalue weighted by atomic mass is 10.2. The van der Waals surface area contributed by atoms with Gasteiger partial charge in [-0.3, -0.25) is 0 Å². The maximum absolute atomic E-state index is 13.1. The van der Waals surface area contributed by atoms with Gasteiger partial charge in [0, 0.05) is 17.3 Å². The van der Waals surface area contributed by atoms with E-state index >= 15 is 0 Å². The van der Waals surface area contributed by atoms with Crippen LogP contribution in [0.3, 0.4) is 0 Å². The quantitative estimate of drug-likeness (QED) is 0.897. The zero-order valence-electron chi connectivity index (χ0n) is 8.65. The van der Waals surface area contributed by atoms with E-state index in [9.17, 15) is 13.2 Å². The third-order valence-electron chi connectivity index (χ3n) is 2.24. The summed E-state index contributed by atoms with van der Waals surface area (Å²) in [5.74, 6) is -0.751. The van der Waals surface area contributed by atoms with Gasteiger partial charge in [0.15, 0.2) is 0 Å². The maximum Gasteiger partial charge on any atom is 0.264 e. The summed E-state index contributed by atoms with van der Waals surface area (Å²) in [6.45, 7) is -0.211. The van der Waals surface area contributed by atoms with Crippen LogP contribution in [0.5, 0.6) is 0 Å². The fraction of sp³-hybridized carbons (Fsp3) is 0.182. The van der Waals surface area contributed by atoms with Crippen molar-refractivity contribution in [3.63, 3.8) is 0 Å². The van der Waals surface area contributed by atoms with Crippen LogP contribution in [-0.4, -0.2) is 14.9 Å². The largest absolute Gasteiger partial charge is 0.392 e. The molecule has 0 spiro atoms. The van der Waals surface area contributed by atoms with Crippen molar-refractivity contribution in [1.29, 1.82) is 0 Å². The van der Waals surface area contributed by atoms with E-state index in [4.69, 9.17) is 5.11 Å². The van der Waals surface area contributed by atoms with Gasteiger partial charge in [-0.15, -0.1) is 0 Å². The molecule has 17 heavy (non-hydrogen) atoms. The molecule has 2 rings (SSSR count). The summed E-state index contributed by atoms with van der Waals surface area (Å²) in [5, 5.41) is 12.7. The summed E-state index contributed by atoms with van der Waals surface area (Å²) in [6, 6.07) is 3.03. The minimum absolute atomic E-state index is 0.194. The molecule has 0 radical (unpaired) electrons. The van der Waals surface area contributed by atoms with Gasteiger partial charge in [0.2, 0.25) is 0 Å². The first-order valence-corrected chi connectivity index (χ1v) is 4.83. The lowest BCUT2D eigenvalue weighted by Gasteiger charge is -2.05. The zero-order valence-corrected chi connectivity index (χ0v) is 8.65. The van der Waals surface area contributed by atoms with Crippen molar-refractivity contribution in [2.24, 2.45) is 0 Å². The first-order chi connectivity index (χ1) is 8.10. The number of hydrogen-bond acceptors (Lipinski definition) is 2. The number of hydrogen-bond donors (Lipinski definition) is 1. The van der Waals surface area contributed by atoms with Gasteiger partial charge in [0.25, 0.3) is 6.43 Å². The molecule has 0 amide bonds. The predicted octanol–water partition coefficient (Wildman–Crippen LogP) is 2.44. The molecule has 2 aromatic rings. The number of aromatic nitrogens is 2. The molecule has 0 aliphatic rings. The van der Waals surface area contributed by atoms with Crippen LogP contribution in [0.25, 0.3) is 5.69 Å². The molecule has 0 saturated carbocycles. The Bertz CT molecular complexity index is 525. The highest BCUT2D eigenvalue weighted by Crippen LogP contribution is 2.22. The molecule has 0 aliphatic heterocycles. The number of alkyl halides is 2. The third kappa shape index (κ3) is 2.47. The van der Waals surface area contributed by atoms with Crippen molar-refractivity contribution in [2.45, 2.75) is 13.0 Å². The van der Waals surface area contributed by atoms with Gasteiger partial charge < -0.3 is 5.11 Å². The second-order valence-electron chi connectivity index (χ2n) is 3.49. The van der Waals surface area contributed by atoms with Crippen molar-refractivity contribution in [1.82, 2.24) is 9.78 Å². The maximum atomic E-state index is 13.1. The van der Waals surface area contributed by atoms with Gasteiger partial charge in [0.05, 0.1) is 18.5 Å². The molecule has 3 nitrogen and oxygen atoms in total. The van der Waals surface area contributed by atoms with Crippen molar-refractivity contribution in [3.05, 3.63) is 47.5 Å². The molecule has 0 bridgehead atoms. The fourth-order valence-corrected chi connectivity index (χ4v) is 1.44. The molecule has 0 atom stereocenters. The molecule has 1 N–H and O–H groups in total. The lowest BCUT2D eigenvalue weighted by Crippen LogP contribution is -1.97. The molecule has 1 aromatic carbocycles. The predicted molar refractivity (Wildman–Crippen MR) is 54.4 cm³/mol. The Kier molecular flexibility index (Phi) is 3.14. The summed E-state index contributed by atoms with van der Waals surface area (Å²) < 4.78 is 39.3. The first kappa shape index (κ1) is 11.7. The summed E-state index contributed by atoms with van der Waals surface area (Å²) in [6.07, 6.45) is 0.0917. The second kappa shape index (κ2) is 4.58. The number of halogens is 3. The van der Waals surface area contributed by atoms with Gasteiger partial charge in [-0.1, -0.05) is 0 Å². The van der Waals surface area contributed by atoms with E-state index in [2.05, 4.69) is 5.10 Å². The van der Waals surface area contributed by atoms with Crippen molar-refractivity contribution < 1.29 is 18.3 Å². The molecule has 0 aliphatic carbocycles. The highest BCUT2D eigenvalue weighted by molar-refractivity contribution is 5.37. The Morgan fingerprint density at radius 1 is 1.29 bits per heavy atom. The topological polar surface area (TPSA) is 38.1 Å². The SMILES string of the molecule is OCc1cnn(-c2cc(F)cc(C(F)F)c2)c1. The third-order valence-corrected chi connectivity index (χ3v) is 2.24. The minimum Gasteiger partial charge on any atom is -0.392 e. The average molecular weight is 242 g/mol. The van der Waals surface area contributed by atoms with Crippen molar-refractivity contribution in [3.8, 4) is 5.69 Å². The molecule has 90 valence electrons. The van der Waals surface area contributed by atoms with Crippen LogP contribution in [0.4, 0.5) is 13.2 Å². The van der Waals surface area contributed by atoms with Gasteiger partial charge in [-0.25, -0.2) is 17.9 Å². The van der Waals surface area contributed by atoms with Gasteiger partial charge >= 0.3 is 0 Å². The van der Waals surface area contributed by atoms with Crippen molar-refractivity contribution >= 4 is 0 Å². The summed E-state index contributed by atoms with van der Waals surface area (Å²) in [7, 11) is 0. The summed E-state index contributed by atoms with van der Waals surface area (Å²) in [4.78, 5) is 0. The number of aliphatic hydroxyl groups excluding tert-OH is 1. The van der Waals surface area contributed by atoms with E-state index in [0.717, 1.165) is 18.2 Å². The Labute approximate surface area is 95.1 Å². The lowest BCUT2D eigenvalue weighted by molar-refractivity contribution is 0.151. The Hall–Kier alpha value is -1.82. The average Bonchev–Trinajstić information content (AvgIpc) is 2.76. The smallest absolute Gasteiger partial charge is 0.264 e. The number of nitrogens with zero attached hydrogens (tertiary/aromatic N) is 2. The van der Waals surface area contributed by atoms with Gasteiger partial charge in [0.1, 0.15) is 5.82 Å². The summed E-state index contributed by atoms with van der Waals surface area (Å²) in [5.41, 5.74) is 0.314. The normalized spacial score (nSPS) is 11.1.